The Morgan fingerprint density at radius 1 is 1.56 bits per heavy atom. The molecule has 1 aromatic heterocycles. The summed E-state index contributed by atoms with van der Waals surface area (Å²) >= 11 is 3.36. The van der Waals surface area contributed by atoms with Crippen molar-refractivity contribution in [1.29, 1.82) is 0 Å². The van der Waals surface area contributed by atoms with Crippen molar-refractivity contribution in [2.24, 2.45) is 11.3 Å². The Labute approximate surface area is 117 Å². The van der Waals surface area contributed by atoms with Gasteiger partial charge >= 0.3 is 0 Å². The van der Waals surface area contributed by atoms with E-state index in [2.05, 4.69) is 40.1 Å². The second kappa shape index (κ2) is 5.00. The molecule has 1 atom stereocenters. The maximum absolute atomic E-state index is 12.3. The number of rotatable bonds is 2. The van der Waals surface area contributed by atoms with E-state index < -0.39 is 0 Å². The SMILES string of the molecule is Cc1cc(NC(=O)C2CCCC2(C)C)cnc1Br. The number of anilines is 1. The van der Waals surface area contributed by atoms with E-state index in [1.165, 1.54) is 0 Å². The summed E-state index contributed by atoms with van der Waals surface area (Å²) in [7, 11) is 0. The Kier molecular flexibility index (Phi) is 3.76. The third kappa shape index (κ3) is 2.74. The molecule has 0 spiro atoms. The first-order chi connectivity index (χ1) is 8.40. The van der Waals surface area contributed by atoms with Crippen LogP contribution in [0.3, 0.4) is 0 Å². The molecule has 1 aliphatic rings. The van der Waals surface area contributed by atoms with Gasteiger partial charge in [-0.05, 0) is 52.7 Å². The van der Waals surface area contributed by atoms with Gasteiger partial charge < -0.3 is 5.32 Å². The zero-order valence-corrected chi connectivity index (χ0v) is 12.7. The highest BCUT2D eigenvalue weighted by Gasteiger charge is 2.39. The van der Waals surface area contributed by atoms with E-state index in [0.29, 0.717) is 0 Å². The van der Waals surface area contributed by atoms with E-state index in [1.807, 2.05) is 13.0 Å². The Morgan fingerprint density at radius 3 is 2.83 bits per heavy atom. The van der Waals surface area contributed by atoms with Gasteiger partial charge in [0.25, 0.3) is 0 Å². The molecule has 1 aromatic rings. The minimum atomic E-state index is 0.112. The second-order valence-electron chi connectivity index (χ2n) is 5.75. The summed E-state index contributed by atoms with van der Waals surface area (Å²) in [4.78, 5) is 16.5. The van der Waals surface area contributed by atoms with Gasteiger partial charge in [-0.3, -0.25) is 4.79 Å². The number of pyridine rings is 1. The van der Waals surface area contributed by atoms with Gasteiger partial charge in [-0.1, -0.05) is 20.3 Å². The van der Waals surface area contributed by atoms with E-state index in [4.69, 9.17) is 0 Å². The maximum atomic E-state index is 12.3. The first-order valence-corrected chi connectivity index (χ1v) is 7.12. The molecule has 0 bridgehead atoms. The van der Waals surface area contributed by atoms with Gasteiger partial charge in [0, 0.05) is 5.92 Å². The van der Waals surface area contributed by atoms with Crippen LogP contribution in [0.4, 0.5) is 5.69 Å². The van der Waals surface area contributed by atoms with E-state index in [1.54, 1.807) is 6.20 Å². The van der Waals surface area contributed by atoms with E-state index in [-0.39, 0.29) is 17.2 Å². The molecule has 1 amide bonds. The molecule has 0 aromatic carbocycles. The summed E-state index contributed by atoms with van der Waals surface area (Å²) < 4.78 is 0.821. The van der Waals surface area contributed by atoms with Gasteiger partial charge in [0.2, 0.25) is 5.91 Å². The fraction of sp³-hybridized carbons (Fsp3) is 0.571. The molecule has 98 valence electrons. The molecular weight excluding hydrogens is 292 g/mol. The predicted octanol–water partition coefficient (Wildman–Crippen LogP) is 3.92. The Morgan fingerprint density at radius 2 is 2.28 bits per heavy atom. The van der Waals surface area contributed by atoms with Crippen LogP contribution in [0.25, 0.3) is 0 Å². The molecule has 18 heavy (non-hydrogen) atoms. The monoisotopic (exact) mass is 310 g/mol. The molecular formula is C14H19BrN2O. The number of hydrogen-bond acceptors (Lipinski definition) is 2. The maximum Gasteiger partial charge on any atom is 0.228 e. The molecule has 1 heterocycles. The number of nitrogens with zero attached hydrogens (tertiary/aromatic N) is 1. The number of hydrogen-bond donors (Lipinski definition) is 1. The highest BCUT2D eigenvalue weighted by molar-refractivity contribution is 9.10. The Balaban J connectivity index is 2.09. The third-order valence-corrected chi connectivity index (χ3v) is 4.69. The first kappa shape index (κ1) is 13.5. The summed E-state index contributed by atoms with van der Waals surface area (Å²) in [6, 6.07) is 1.94. The molecule has 2 rings (SSSR count). The van der Waals surface area contributed by atoms with Gasteiger partial charge in [-0.25, -0.2) is 4.98 Å². The number of aryl methyl sites for hydroxylation is 1. The summed E-state index contributed by atoms with van der Waals surface area (Å²) in [6.45, 7) is 6.32. The van der Waals surface area contributed by atoms with Gasteiger partial charge in [-0.2, -0.15) is 0 Å². The number of nitrogens with one attached hydrogen (secondary N) is 1. The average Bonchev–Trinajstić information content (AvgIpc) is 2.63. The van der Waals surface area contributed by atoms with E-state index in [0.717, 1.165) is 35.1 Å². The van der Waals surface area contributed by atoms with Crippen LogP contribution < -0.4 is 5.32 Å². The van der Waals surface area contributed by atoms with Crippen LogP contribution in [-0.2, 0) is 4.79 Å². The highest BCUT2D eigenvalue weighted by Crippen LogP contribution is 2.43. The van der Waals surface area contributed by atoms with Crippen molar-refractivity contribution < 1.29 is 4.79 Å². The fourth-order valence-corrected chi connectivity index (χ4v) is 2.89. The normalized spacial score (nSPS) is 21.9. The van der Waals surface area contributed by atoms with Crippen molar-refractivity contribution in [2.75, 3.05) is 5.32 Å². The number of aromatic nitrogens is 1. The van der Waals surface area contributed by atoms with Crippen LogP contribution in [0.5, 0.6) is 0 Å². The molecule has 1 fully saturated rings. The van der Waals surface area contributed by atoms with Crippen molar-refractivity contribution in [3.63, 3.8) is 0 Å². The van der Waals surface area contributed by atoms with Crippen molar-refractivity contribution in [2.45, 2.75) is 40.0 Å². The number of amides is 1. The Bertz CT molecular complexity index is 471. The van der Waals surface area contributed by atoms with Gasteiger partial charge in [0.15, 0.2) is 0 Å². The lowest BCUT2D eigenvalue weighted by molar-refractivity contribution is -0.122. The number of carbonyl (C=O) groups is 1. The molecule has 0 radical (unpaired) electrons. The summed E-state index contributed by atoms with van der Waals surface area (Å²) in [5, 5.41) is 2.99. The third-order valence-electron chi connectivity index (χ3n) is 3.86. The van der Waals surface area contributed by atoms with Crippen molar-refractivity contribution in [1.82, 2.24) is 4.98 Å². The van der Waals surface area contributed by atoms with Gasteiger partial charge in [0.05, 0.1) is 11.9 Å². The van der Waals surface area contributed by atoms with Crippen LogP contribution in [0.1, 0.15) is 38.7 Å². The van der Waals surface area contributed by atoms with E-state index >= 15 is 0 Å². The minimum Gasteiger partial charge on any atom is -0.324 e. The molecule has 0 aliphatic heterocycles. The lowest BCUT2D eigenvalue weighted by atomic mass is 9.81. The smallest absolute Gasteiger partial charge is 0.228 e. The quantitative estimate of drug-likeness (QED) is 0.841. The number of halogens is 1. The lowest BCUT2D eigenvalue weighted by Crippen LogP contribution is -2.30. The van der Waals surface area contributed by atoms with Crippen LogP contribution in [0.2, 0.25) is 0 Å². The number of carbonyl (C=O) groups excluding carboxylic acids is 1. The largest absolute Gasteiger partial charge is 0.324 e. The molecule has 1 N–H and O–H groups in total. The molecule has 1 unspecified atom stereocenters. The summed E-state index contributed by atoms with van der Waals surface area (Å²) in [5.41, 5.74) is 1.92. The Hall–Kier alpha value is -0.900. The average molecular weight is 311 g/mol. The van der Waals surface area contributed by atoms with Crippen LogP contribution in [-0.4, -0.2) is 10.9 Å². The molecule has 0 saturated heterocycles. The van der Waals surface area contributed by atoms with Crippen LogP contribution in [0, 0.1) is 18.3 Å². The minimum absolute atomic E-state index is 0.112. The van der Waals surface area contributed by atoms with Crippen molar-refractivity contribution in [3.05, 3.63) is 22.4 Å². The zero-order valence-electron chi connectivity index (χ0n) is 11.1. The second-order valence-corrected chi connectivity index (χ2v) is 6.51. The first-order valence-electron chi connectivity index (χ1n) is 6.33. The predicted molar refractivity (Wildman–Crippen MR) is 76.4 cm³/mol. The van der Waals surface area contributed by atoms with Crippen molar-refractivity contribution >= 4 is 27.5 Å². The van der Waals surface area contributed by atoms with Crippen LogP contribution >= 0.6 is 15.9 Å². The fourth-order valence-electron chi connectivity index (χ4n) is 2.67. The highest BCUT2D eigenvalue weighted by atomic mass is 79.9. The summed E-state index contributed by atoms with van der Waals surface area (Å²) in [6.07, 6.45) is 4.95. The molecule has 4 heteroatoms. The zero-order chi connectivity index (χ0) is 13.3. The van der Waals surface area contributed by atoms with Gasteiger partial charge in [0.1, 0.15) is 4.60 Å². The molecule has 1 saturated carbocycles. The lowest BCUT2D eigenvalue weighted by Gasteiger charge is -2.25. The van der Waals surface area contributed by atoms with E-state index in [9.17, 15) is 4.79 Å². The summed E-state index contributed by atoms with van der Waals surface area (Å²) in [5.74, 6) is 0.238. The molecule has 1 aliphatic carbocycles. The van der Waals surface area contributed by atoms with Crippen molar-refractivity contribution in [3.8, 4) is 0 Å². The standard InChI is InChI=1S/C14H19BrN2O/c1-9-7-10(8-16-12(9)15)17-13(18)11-5-4-6-14(11,2)3/h7-8,11H,4-6H2,1-3H3,(H,17,18). The van der Waals surface area contributed by atoms with Gasteiger partial charge in [-0.15, -0.1) is 0 Å². The van der Waals surface area contributed by atoms with Crippen LogP contribution in [0.15, 0.2) is 16.9 Å². The topological polar surface area (TPSA) is 42.0 Å². The molecule has 3 nitrogen and oxygen atoms in total.